The summed E-state index contributed by atoms with van der Waals surface area (Å²) in [6.45, 7) is 5.49. The summed E-state index contributed by atoms with van der Waals surface area (Å²) in [7, 11) is -3.89. The molecule has 1 amide bonds. The number of pyridine rings is 1. The van der Waals surface area contributed by atoms with Crippen molar-refractivity contribution in [3.05, 3.63) is 105 Å². The lowest BCUT2D eigenvalue weighted by Gasteiger charge is -2.19. The van der Waals surface area contributed by atoms with E-state index in [1.54, 1.807) is 31.2 Å². The molecule has 1 N–H and O–H groups in total. The van der Waals surface area contributed by atoms with Gasteiger partial charge in [0.2, 0.25) is 11.8 Å². The second kappa shape index (κ2) is 13.6. The summed E-state index contributed by atoms with van der Waals surface area (Å²) in [4.78, 5) is 18.8. The van der Waals surface area contributed by atoms with Crippen LogP contribution in [-0.4, -0.2) is 35.8 Å². The van der Waals surface area contributed by atoms with E-state index in [-0.39, 0.29) is 39.8 Å². The molecule has 0 fully saturated rings. The second-order valence-electron chi connectivity index (χ2n) is 11.3. The first-order chi connectivity index (χ1) is 21.8. The first kappa shape index (κ1) is 33.0. The Balaban J connectivity index is 1.64. The molecule has 240 valence electrons. The lowest BCUT2D eigenvalue weighted by atomic mass is 9.96. The quantitative estimate of drug-likeness (QED) is 0.163. The summed E-state index contributed by atoms with van der Waals surface area (Å²) in [6, 6.07) is 12.7. The summed E-state index contributed by atoms with van der Waals surface area (Å²) < 4.78 is 73.5. The van der Waals surface area contributed by atoms with Crippen LogP contribution in [0.15, 0.2) is 63.9 Å². The number of benzene rings is 2. The number of carbonyl (C=O) groups excluding carboxylic acids is 1. The number of aryl methyl sites for hydroxylation is 3. The fourth-order valence-corrected chi connectivity index (χ4v) is 7.25. The van der Waals surface area contributed by atoms with Crippen LogP contribution in [0, 0.1) is 30.3 Å². The molecular weight excluding hydrogens is 638 g/mol. The van der Waals surface area contributed by atoms with Gasteiger partial charge in [-0.15, -0.1) is 21.5 Å². The zero-order chi connectivity index (χ0) is 33.2. The Morgan fingerprint density at radius 2 is 1.63 bits per heavy atom. The lowest BCUT2D eigenvalue weighted by Crippen LogP contribution is -2.21. The number of thiophene rings is 1. The zero-order valence-electron chi connectivity index (χ0n) is 25.5. The van der Waals surface area contributed by atoms with Crippen LogP contribution in [0.5, 0.6) is 0 Å². The van der Waals surface area contributed by atoms with Crippen molar-refractivity contribution in [3.63, 3.8) is 0 Å². The van der Waals surface area contributed by atoms with Crippen molar-refractivity contribution >= 4 is 27.1 Å². The van der Waals surface area contributed by atoms with Gasteiger partial charge in [0.1, 0.15) is 5.82 Å². The van der Waals surface area contributed by atoms with Crippen LogP contribution in [0.2, 0.25) is 0 Å². The molecule has 0 aliphatic rings. The molecule has 0 unspecified atom stereocenters. The van der Waals surface area contributed by atoms with Gasteiger partial charge < -0.3 is 9.73 Å². The van der Waals surface area contributed by atoms with Crippen molar-refractivity contribution in [1.29, 1.82) is 0 Å². The summed E-state index contributed by atoms with van der Waals surface area (Å²) in [5, 5.41) is 10.9. The zero-order valence-corrected chi connectivity index (χ0v) is 27.2. The van der Waals surface area contributed by atoms with Gasteiger partial charge in [0, 0.05) is 30.2 Å². The maximum atomic E-state index is 13.7. The Bertz CT molecular complexity index is 2010. The minimum absolute atomic E-state index is 0.00757. The average molecular weight is 669 g/mol. The van der Waals surface area contributed by atoms with Gasteiger partial charge in [0.15, 0.2) is 21.5 Å². The number of nitrogens with one attached hydrogen (secondary N) is 1. The summed E-state index contributed by atoms with van der Waals surface area (Å²) in [5.41, 5.74) is 2.76. The highest BCUT2D eigenvalue weighted by Gasteiger charge is 2.31. The Morgan fingerprint density at radius 1 is 0.913 bits per heavy atom. The van der Waals surface area contributed by atoms with E-state index in [2.05, 4.69) is 15.5 Å². The molecule has 5 rings (SSSR count). The molecule has 2 aromatic carbocycles. The molecule has 3 heterocycles. The molecule has 0 bridgehead atoms. The van der Waals surface area contributed by atoms with E-state index < -0.39 is 27.4 Å². The number of hydrogen-bond donors (Lipinski definition) is 1. The van der Waals surface area contributed by atoms with Crippen molar-refractivity contribution in [1.82, 2.24) is 20.5 Å². The lowest BCUT2D eigenvalue weighted by molar-refractivity contribution is 0.0955. The van der Waals surface area contributed by atoms with E-state index in [4.69, 9.17) is 9.40 Å². The second-order valence-corrected chi connectivity index (χ2v) is 14.3. The number of hydrogen-bond acceptors (Lipinski definition) is 8. The maximum absolute atomic E-state index is 13.7. The van der Waals surface area contributed by atoms with Gasteiger partial charge in [-0.1, -0.05) is 32.0 Å². The van der Waals surface area contributed by atoms with Crippen LogP contribution < -0.4 is 5.32 Å². The van der Waals surface area contributed by atoms with Crippen molar-refractivity contribution in [2.45, 2.75) is 51.5 Å². The Kier molecular flexibility index (Phi) is 9.73. The van der Waals surface area contributed by atoms with Gasteiger partial charge in [-0.2, -0.15) is 0 Å². The number of aromatic nitrogens is 3. The molecule has 0 saturated carbocycles. The van der Waals surface area contributed by atoms with Crippen molar-refractivity contribution in [2.24, 2.45) is 5.92 Å². The predicted octanol–water partition coefficient (Wildman–Crippen LogP) is 6.90. The predicted molar refractivity (Wildman–Crippen MR) is 169 cm³/mol. The third-order valence-electron chi connectivity index (χ3n) is 7.09. The number of halogens is 3. The number of amides is 1. The van der Waals surface area contributed by atoms with Crippen molar-refractivity contribution in [3.8, 4) is 21.9 Å². The van der Waals surface area contributed by atoms with Crippen LogP contribution in [0.25, 0.3) is 21.9 Å². The van der Waals surface area contributed by atoms with Gasteiger partial charge in [0.25, 0.3) is 5.91 Å². The molecule has 0 saturated heterocycles. The number of carbonyl (C=O) groups is 1. The van der Waals surface area contributed by atoms with Crippen LogP contribution in [0.1, 0.15) is 51.9 Å². The van der Waals surface area contributed by atoms with Gasteiger partial charge in [-0.3, -0.25) is 9.78 Å². The largest absolute Gasteiger partial charge is 0.421 e. The Hall–Kier alpha value is -4.36. The fourth-order valence-electron chi connectivity index (χ4n) is 5.07. The molecule has 0 atom stereocenters. The van der Waals surface area contributed by atoms with Gasteiger partial charge >= 0.3 is 0 Å². The molecule has 0 spiro atoms. The standard InChI is InChI=1S/C33H31F3N4O4S2/c1-18(2)15-26-31(46(4,42)43)30(27-13-14-28(45-27)32(41)37-17-21-7-11-23(35)24(36)16-21)29(33-40-39-19(3)44-33)25(38-26)12-8-20-5-9-22(34)10-6-20/h5-7,9-11,13-14,16,18H,8,12,15,17H2,1-4H3,(H,37,41). The van der Waals surface area contributed by atoms with Crippen LogP contribution in [-0.2, 0) is 35.6 Å². The smallest absolute Gasteiger partial charge is 0.261 e. The molecule has 13 heteroatoms. The minimum Gasteiger partial charge on any atom is -0.421 e. The van der Waals surface area contributed by atoms with Crippen LogP contribution in [0.4, 0.5) is 13.2 Å². The van der Waals surface area contributed by atoms with Crippen molar-refractivity contribution in [2.75, 3.05) is 6.26 Å². The molecule has 3 aromatic heterocycles. The fraction of sp³-hybridized carbons (Fsp3) is 0.273. The van der Waals surface area contributed by atoms with E-state index in [0.29, 0.717) is 52.2 Å². The first-order valence-corrected chi connectivity index (χ1v) is 17.1. The summed E-state index contributed by atoms with van der Waals surface area (Å²) in [5.74, 6) is -2.45. The third kappa shape index (κ3) is 7.53. The first-order valence-electron chi connectivity index (χ1n) is 14.4. The molecule has 0 aliphatic carbocycles. The van der Waals surface area contributed by atoms with E-state index in [1.165, 1.54) is 18.2 Å². The highest BCUT2D eigenvalue weighted by atomic mass is 32.2. The normalized spacial score (nSPS) is 11.7. The Labute approximate surface area is 268 Å². The number of rotatable bonds is 11. The van der Waals surface area contributed by atoms with Gasteiger partial charge in [-0.05, 0) is 72.7 Å². The highest BCUT2D eigenvalue weighted by Crippen LogP contribution is 2.43. The Morgan fingerprint density at radius 3 is 2.26 bits per heavy atom. The molecule has 0 aliphatic heterocycles. The molecular formula is C33H31F3N4O4S2. The number of nitrogens with zero attached hydrogens (tertiary/aromatic N) is 3. The highest BCUT2D eigenvalue weighted by molar-refractivity contribution is 7.91. The average Bonchev–Trinajstić information content (AvgIpc) is 3.65. The van der Waals surface area contributed by atoms with E-state index in [0.717, 1.165) is 35.3 Å². The van der Waals surface area contributed by atoms with E-state index in [9.17, 15) is 26.4 Å². The van der Waals surface area contributed by atoms with Gasteiger partial charge in [-0.25, -0.2) is 21.6 Å². The maximum Gasteiger partial charge on any atom is 0.261 e. The monoisotopic (exact) mass is 668 g/mol. The summed E-state index contributed by atoms with van der Waals surface area (Å²) >= 11 is 1.06. The minimum atomic E-state index is -3.89. The molecule has 5 aromatic rings. The topological polar surface area (TPSA) is 115 Å². The molecule has 0 radical (unpaired) electrons. The molecule has 8 nitrogen and oxygen atoms in total. The molecule has 46 heavy (non-hydrogen) atoms. The van der Waals surface area contributed by atoms with Crippen LogP contribution >= 0.6 is 11.3 Å². The summed E-state index contributed by atoms with van der Waals surface area (Å²) in [6.07, 6.45) is 2.28. The SMILES string of the molecule is Cc1nnc(-c2c(CCc3ccc(F)cc3)nc(CC(C)C)c(S(C)(=O)=O)c2-c2ccc(C(=O)NCc3ccc(F)c(F)c3)s2)o1. The van der Waals surface area contributed by atoms with E-state index in [1.807, 2.05) is 13.8 Å². The number of sulfone groups is 1. The van der Waals surface area contributed by atoms with Crippen LogP contribution in [0.3, 0.4) is 0 Å². The van der Waals surface area contributed by atoms with Crippen molar-refractivity contribution < 1.29 is 30.8 Å². The van der Waals surface area contributed by atoms with E-state index >= 15 is 0 Å². The third-order valence-corrected chi connectivity index (χ3v) is 9.37. The van der Waals surface area contributed by atoms with Gasteiger partial charge in [0.05, 0.1) is 26.7 Å².